The van der Waals surface area contributed by atoms with Gasteiger partial charge in [-0.05, 0) is 47.5 Å². The highest BCUT2D eigenvalue weighted by atomic mass is 17.2. The molecule has 0 fully saturated rings. The van der Waals surface area contributed by atoms with Crippen LogP contribution >= 0.6 is 0 Å². The summed E-state index contributed by atoms with van der Waals surface area (Å²) in [4.78, 5) is 31.9. The van der Waals surface area contributed by atoms with Gasteiger partial charge in [-0.2, -0.15) is 0 Å². The van der Waals surface area contributed by atoms with Gasteiger partial charge in [-0.15, -0.1) is 0 Å². The quantitative estimate of drug-likeness (QED) is 0.192. The van der Waals surface area contributed by atoms with Crippen molar-refractivity contribution in [1.82, 2.24) is 0 Å². The van der Waals surface area contributed by atoms with Crippen molar-refractivity contribution in [1.29, 1.82) is 0 Å². The first-order valence-corrected chi connectivity index (χ1v) is 8.59. The molecule has 0 spiro atoms. The first kappa shape index (κ1) is 25.8. The molecule has 0 rings (SSSR count). The summed E-state index contributed by atoms with van der Waals surface area (Å²) in [6.07, 6.45) is 1.57. The molecule has 0 aromatic carbocycles. The van der Waals surface area contributed by atoms with E-state index in [1.807, 2.05) is 48.5 Å². The fourth-order valence-corrected chi connectivity index (χ4v) is 1.13. The van der Waals surface area contributed by atoms with E-state index in [-0.39, 0.29) is 30.6 Å². The molecule has 0 aliphatic rings. The average Bonchev–Trinajstić information content (AvgIpc) is 2.56. The van der Waals surface area contributed by atoms with Crippen LogP contribution in [0.4, 0.5) is 0 Å². The Morgan fingerprint density at radius 3 is 1.72 bits per heavy atom. The van der Waals surface area contributed by atoms with E-state index in [0.717, 1.165) is 18.4 Å². The topological polar surface area (TPSA) is 71.1 Å². The molecule has 6 nitrogen and oxygen atoms in total. The van der Waals surface area contributed by atoms with E-state index in [0.29, 0.717) is 6.61 Å². The minimum atomic E-state index is -0.432. The Morgan fingerprint density at radius 2 is 1.36 bits per heavy atom. The lowest BCUT2D eigenvalue weighted by molar-refractivity contribution is -0.292. The van der Waals surface area contributed by atoms with Gasteiger partial charge in [-0.1, -0.05) is 26.0 Å². The molecule has 0 aliphatic carbocycles. The second kappa shape index (κ2) is 12.9. The Morgan fingerprint density at radius 1 is 0.880 bits per heavy atom. The lowest BCUT2D eigenvalue weighted by atomic mass is 9.91. The number of rotatable bonds is 10. The van der Waals surface area contributed by atoms with Crippen LogP contribution < -0.4 is 0 Å². The largest absolute Gasteiger partial charge is 0.469 e. The fourth-order valence-electron chi connectivity index (χ4n) is 1.13. The second-order valence-electron chi connectivity index (χ2n) is 7.14. The van der Waals surface area contributed by atoms with Crippen molar-refractivity contribution < 1.29 is 28.8 Å². The van der Waals surface area contributed by atoms with Gasteiger partial charge in [0.2, 0.25) is 0 Å². The minimum Gasteiger partial charge on any atom is -0.469 e. The van der Waals surface area contributed by atoms with Gasteiger partial charge in [0.05, 0.1) is 17.9 Å². The van der Waals surface area contributed by atoms with Crippen molar-refractivity contribution in [3.63, 3.8) is 0 Å². The first-order valence-electron chi connectivity index (χ1n) is 8.59. The molecular weight excluding hydrogens is 324 g/mol. The highest BCUT2D eigenvalue weighted by Gasteiger charge is 2.27. The second-order valence-corrected chi connectivity index (χ2v) is 7.14. The van der Waals surface area contributed by atoms with E-state index in [2.05, 4.69) is 11.3 Å². The first-order chi connectivity index (χ1) is 11.4. The highest BCUT2D eigenvalue weighted by molar-refractivity contribution is 5.76. The van der Waals surface area contributed by atoms with Gasteiger partial charge in [0, 0.05) is 0 Å². The number of hydrogen-bond donors (Lipinski definition) is 0. The molecule has 0 unspecified atom stereocenters. The van der Waals surface area contributed by atoms with Crippen molar-refractivity contribution in [2.24, 2.45) is 10.8 Å². The molecule has 148 valence electrons. The maximum absolute atomic E-state index is 11.5. The molecule has 0 heterocycles. The lowest BCUT2D eigenvalue weighted by Crippen LogP contribution is -2.27. The summed E-state index contributed by atoms with van der Waals surface area (Å²) in [5.41, 5.74) is 0.136. The van der Waals surface area contributed by atoms with Crippen molar-refractivity contribution >= 4 is 11.9 Å². The van der Waals surface area contributed by atoms with Crippen LogP contribution in [0.3, 0.4) is 0 Å². The Hall–Kier alpha value is -1.40. The smallest absolute Gasteiger partial charge is 0.311 e. The van der Waals surface area contributed by atoms with E-state index in [1.54, 1.807) is 0 Å². The van der Waals surface area contributed by atoms with Gasteiger partial charge < -0.3 is 9.47 Å². The number of methoxy groups -OCH3 is 1. The van der Waals surface area contributed by atoms with Crippen molar-refractivity contribution in [2.45, 2.75) is 61.3 Å². The monoisotopic (exact) mass is 360 g/mol. The van der Waals surface area contributed by atoms with Crippen LogP contribution in [0.15, 0.2) is 12.2 Å². The van der Waals surface area contributed by atoms with E-state index < -0.39 is 5.41 Å². The molecule has 0 aromatic heterocycles. The van der Waals surface area contributed by atoms with Gasteiger partial charge in [-0.25, -0.2) is 9.78 Å². The summed E-state index contributed by atoms with van der Waals surface area (Å²) >= 11 is 0. The van der Waals surface area contributed by atoms with Crippen LogP contribution in [0.2, 0.25) is 0 Å². The van der Waals surface area contributed by atoms with E-state index in [4.69, 9.17) is 14.5 Å². The summed E-state index contributed by atoms with van der Waals surface area (Å²) < 4.78 is 9.61. The molecule has 0 saturated heterocycles. The van der Waals surface area contributed by atoms with Crippen molar-refractivity contribution in [3.8, 4) is 0 Å². The summed E-state index contributed by atoms with van der Waals surface area (Å²) in [6.45, 7) is 17.7. The molecule has 0 saturated carbocycles. The summed E-state index contributed by atoms with van der Waals surface area (Å²) in [5.74, 6) is -0.344. The zero-order chi connectivity index (χ0) is 20.1. The molecule has 6 heteroatoms. The third kappa shape index (κ3) is 12.6. The standard InChI is InChI=1S/C12H22O4.C7H14O2/c1-6-12(4,5)11(13)14-7-8-15-16-9-10(2)3;1-5-7(2,3)6(8)9-4/h2,6-9H2,1,3-5H3;5H2,1-4H3. The summed E-state index contributed by atoms with van der Waals surface area (Å²) in [7, 11) is 1.42. The van der Waals surface area contributed by atoms with E-state index in [1.165, 1.54) is 7.11 Å². The van der Waals surface area contributed by atoms with Gasteiger partial charge in [0.25, 0.3) is 0 Å². The van der Waals surface area contributed by atoms with E-state index >= 15 is 0 Å². The third-order valence-electron chi connectivity index (χ3n) is 3.85. The van der Waals surface area contributed by atoms with Crippen molar-refractivity contribution in [2.75, 3.05) is 26.9 Å². The van der Waals surface area contributed by atoms with E-state index in [9.17, 15) is 9.59 Å². The Bertz CT molecular complexity index is 412. The third-order valence-corrected chi connectivity index (χ3v) is 3.85. The predicted octanol–water partition coefficient (Wildman–Crippen LogP) is 4.09. The minimum absolute atomic E-state index is 0.134. The Kier molecular flexibility index (Phi) is 13.3. The van der Waals surface area contributed by atoms with Gasteiger partial charge in [0.1, 0.15) is 19.8 Å². The van der Waals surface area contributed by atoms with Gasteiger partial charge in [0.15, 0.2) is 0 Å². The molecule has 0 bridgehead atoms. The molecule has 0 amide bonds. The Balaban J connectivity index is 0. The number of esters is 2. The number of carbonyl (C=O) groups excluding carboxylic acids is 2. The summed E-state index contributed by atoms with van der Waals surface area (Å²) in [5, 5.41) is 0. The summed E-state index contributed by atoms with van der Waals surface area (Å²) in [6, 6.07) is 0. The van der Waals surface area contributed by atoms with Gasteiger partial charge >= 0.3 is 11.9 Å². The molecule has 0 atom stereocenters. The zero-order valence-electron chi connectivity index (χ0n) is 17.2. The lowest BCUT2D eigenvalue weighted by Gasteiger charge is -2.20. The number of hydrogen-bond acceptors (Lipinski definition) is 6. The fraction of sp³-hybridized carbons (Fsp3) is 0.789. The van der Waals surface area contributed by atoms with Crippen LogP contribution in [0.1, 0.15) is 61.3 Å². The maximum atomic E-state index is 11.5. The van der Waals surface area contributed by atoms with Crippen LogP contribution in [0.5, 0.6) is 0 Å². The number of carbonyl (C=O) groups is 2. The van der Waals surface area contributed by atoms with Crippen LogP contribution in [-0.2, 0) is 28.8 Å². The average molecular weight is 360 g/mol. The molecule has 0 aromatic rings. The van der Waals surface area contributed by atoms with Crippen molar-refractivity contribution in [3.05, 3.63) is 12.2 Å². The predicted molar refractivity (Wildman–Crippen MR) is 97.8 cm³/mol. The van der Waals surface area contributed by atoms with Crippen LogP contribution in [-0.4, -0.2) is 38.9 Å². The van der Waals surface area contributed by atoms with Crippen LogP contribution in [0.25, 0.3) is 0 Å². The SMILES string of the molecule is C=C(C)COOCCOC(=O)C(C)(C)CC.CCC(C)(C)C(=O)OC. The highest BCUT2D eigenvalue weighted by Crippen LogP contribution is 2.21. The Labute approximate surface area is 152 Å². The molecule has 25 heavy (non-hydrogen) atoms. The normalized spacial score (nSPS) is 11.2. The zero-order valence-corrected chi connectivity index (χ0v) is 17.2. The van der Waals surface area contributed by atoms with Crippen LogP contribution in [0, 0.1) is 10.8 Å². The number of ether oxygens (including phenoxy) is 2. The maximum Gasteiger partial charge on any atom is 0.311 e. The molecule has 0 N–H and O–H groups in total. The molecule has 0 radical (unpaired) electrons. The molecular formula is C19H36O6. The van der Waals surface area contributed by atoms with Gasteiger partial charge in [-0.3, -0.25) is 9.59 Å². The molecule has 0 aliphatic heterocycles.